The van der Waals surface area contributed by atoms with Crippen LogP contribution in [-0.2, 0) is 11.3 Å². The number of hydrogen-bond donors (Lipinski definition) is 2. The number of carbonyl (C=O) groups excluding carboxylic acids is 1. The number of nitrogens with one attached hydrogen (secondary N) is 1. The second kappa shape index (κ2) is 8.13. The van der Waals surface area contributed by atoms with Crippen LogP contribution in [0.4, 0.5) is 11.8 Å². The molecule has 1 aromatic heterocycles. The highest BCUT2D eigenvalue weighted by molar-refractivity contribution is 6.29. The Kier molecular flexibility index (Phi) is 5.67. The molecule has 3 rings (SSSR count). The Morgan fingerprint density at radius 3 is 2.56 bits per heavy atom. The molecule has 8 heteroatoms. The van der Waals surface area contributed by atoms with Crippen molar-refractivity contribution >= 4 is 29.3 Å². The Morgan fingerprint density at radius 1 is 1.16 bits per heavy atom. The molecular weight excluding hydrogens is 340 g/mol. The van der Waals surface area contributed by atoms with Crippen molar-refractivity contribution < 1.29 is 4.79 Å². The summed E-state index contributed by atoms with van der Waals surface area (Å²) < 4.78 is 0. The molecule has 0 radical (unpaired) electrons. The number of anilines is 2. The van der Waals surface area contributed by atoms with Gasteiger partial charge in [0.2, 0.25) is 11.9 Å². The minimum atomic E-state index is 0.0339. The molecule has 1 amide bonds. The first kappa shape index (κ1) is 17.4. The fourth-order valence-electron chi connectivity index (χ4n) is 2.78. The highest BCUT2D eigenvalue weighted by Crippen LogP contribution is 2.18. The largest absolute Gasteiger partial charge is 0.368 e. The lowest BCUT2D eigenvalue weighted by atomic mass is 10.2. The molecule has 7 nitrogen and oxygen atoms in total. The summed E-state index contributed by atoms with van der Waals surface area (Å²) in [6, 6.07) is 11.6. The summed E-state index contributed by atoms with van der Waals surface area (Å²) in [5.41, 5.74) is 6.74. The molecule has 3 N–H and O–H groups in total. The minimum absolute atomic E-state index is 0.0339. The number of carbonyl (C=O) groups is 1. The molecule has 1 saturated heterocycles. The molecule has 2 heterocycles. The number of halogens is 1. The first-order chi connectivity index (χ1) is 12.1. The van der Waals surface area contributed by atoms with Crippen LogP contribution in [-0.4, -0.2) is 53.5 Å². The van der Waals surface area contributed by atoms with E-state index in [1.807, 2.05) is 30.3 Å². The summed E-state index contributed by atoms with van der Waals surface area (Å²) in [7, 11) is 0. The van der Waals surface area contributed by atoms with E-state index in [2.05, 4.69) is 25.1 Å². The molecule has 0 unspecified atom stereocenters. The van der Waals surface area contributed by atoms with Crippen LogP contribution >= 0.6 is 11.6 Å². The number of hydrogen-bond acceptors (Lipinski definition) is 6. The fourth-order valence-corrected chi connectivity index (χ4v) is 2.96. The molecule has 0 bridgehead atoms. The van der Waals surface area contributed by atoms with Gasteiger partial charge in [-0.3, -0.25) is 9.69 Å². The maximum atomic E-state index is 12.1. The quantitative estimate of drug-likeness (QED) is 0.778. The van der Waals surface area contributed by atoms with Gasteiger partial charge in [0.25, 0.3) is 0 Å². The third-order valence-corrected chi connectivity index (χ3v) is 4.29. The predicted octanol–water partition coefficient (Wildman–Crippen LogP) is 1.15. The first-order valence-corrected chi connectivity index (χ1v) is 8.56. The van der Waals surface area contributed by atoms with Crippen LogP contribution in [0.1, 0.15) is 5.56 Å². The number of benzene rings is 1. The summed E-state index contributed by atoms with van der Waals surface area (Å²) in [4.78, 5) is 24.4. The Bertz CT molecular complexity index is 698. The zero-order valence-electron chi connectivity index (χ0n) is 13.9. The average Bonchev–Trinajstić information content (AvgIpc) is 2.61. The van der Waals surface area contributed by atoms with Gasteiger partial charge in [0.05, 0.1) is 6.54 Å². The van der Waals surface area contributed by atoms with Crippen LogP contribution in [0.3, 0.4) is 0 Å². The molecule has 0 atom stereocenters. The lowest BCUT2D eigenvalue weighted by molar-refractivity contribution is -0.122. The van der Waals surface area contributed by atoms with Gasteiger partial charge in [-0.05, 0) is 5.56 Å². The van der Waals surface area contributed by atoms with Crippen molar-refractivity contribution in [1.82, 2.24) is 20.2 Å². The van der Waals surface area contributed by atoms with Crippen molar-refractivity contribution in [2.24, 2.45) is 0 Å². The van der Waals surface area contributed by atoms with Gasteiger partial charge in [0.1, 0.15) is 11.0 Å². The maximum absolute atomic E-state index is 12.1. The normalized spacial score (nSPS) is 15.2. The van der Waals surface area contributed by atoms with Crippen LogP contribution in [0.5, 0.6) is 0 Å². The SMILES string of the molecule is Nc1nc(Cl)cc(N2CCN(CC(=O)NCc3ccccc3)CC2)n1. The van der Waals surface area contributed by atoms with E-state index in [1.54, 1.807) is 6.07 Å². The summed E-state index contributed by atoms with van der Waals surface area (Å²) >= 11 is 5.93. The third-order valence-electron chi connectivity index (χ3n) is 4.09. The molecule has 0 spiro atoms. The van der Waals surface area contributed by atoms with Crippen LogP contribution in [0.2, 0.25) is 5.15 Å². The second-order valence-corrected chi connectivity index (χ2v) is 6.32. The Labute approximate surface area is 151 Å². The summed E-state index contributed by atoms with van der Waals surface area (Å²) in [5, 5.41) is 3.29. The van der Waals surface area contributed by atoms with E-state index in [0.717, 1.165) is 37.6 Å². The maximum Gasteiger partial charge on any atom is 0.234 e. The second-order valence-electron chi connectivity index (χ2n) is 5.93. The highest BCUT2D eigenvalue weighted by atomic mass is 35.5. The van der Waals surface area contributed by atoms with E-state index in [9.17, 15) is 4.79 Å². The zero-order valence-corrected chi connectivity index (χ0v) is 14.6. The summed E-state index contributed by atoms with van der Waals surface area (Å²) in [6.07, 6.45) is 0. The van der Waals surface area contributed by atoms with Crippen molar-refractivity contribution in [3.63, 3.8) is 0 Å². The third kappa shape index (κ3) is 5.04. The Morgan fingerprint density at radius 2 is 1.88 bits per heavy atom. The van der Waals surface area contributed by atoms with E-state index in [1.165, 1.54) is 0 Å². The van der Waals surface area contributed by atoms with E-state index in [0.29, 0.717) is 18.2 Å². The number of nitrogens with zero attached hydrogens (tertiary/aromatic N) is 4. The molecule has 2 aromatic rings. The van der Waals surface area contributed by atoms with Crippen LogP contribution in [0.25, 0.3) is 0 Å². The van der Waals surface area contributed by atoms with E-state index in [4.69, 9.17) is 17.3 Å². The van der Waals surface area contributed by atoms with Crippen molar-refractivity contribution in [2.45, 2.75) is 6.54 Å². The van der Waals surface area contributed by atoms with Gasteiger partial charge in [0, 0.05) is 38.8 Å². The van der Waals surface area contributed by atoms with Crippen LogP contribution in [0.15, 0.2) is 36.4 Å². The molecule has 1 fully saturated rings. The zero-order chi connectivity index (χ0) is 17.6. The van der Waals surface area contributed by atoms with E-state index >= 15 is 0 Å². The van der Waals surface area contributed by atoms with Gasteiger partial charge in [0.15, 0.2) is 0 Å². The lowest BCUT2D eigenvalue weighted by Gasteiger charge is -2.35. The fraction of sp³-hybridized carbons (Fsp3) is 0.353. The Hall–Kier alpha value is -2.38. The first-order valence-electron chi connectivity index (χ1n) is 8.18. The lowest BCUT2D eigenvalue weighted by Crippen LogP contribution is -2.49. The van der Waals surface area contributed by atoms with Gasteiger partial charge in [-0.1, -0.05) is 41.9 Å². The molecule has 1 aliphatic rings. The summed E-state index contributed by atoms with van der Waals surface area (Å²) in [5.74, 6) is 0.933. The van der Waals surface area contributed by atoms with Crippen LogP contribution < -0.4 is 16.0 Å². The number of nitrogen functional groups attached to an aromatic ring is 1. The average molecular weight is 361 g/mol. The van der Waals surface area contributed by atoms with Gasteiger partial charge in [-0.25, -0.2) is 4.98 Å². The van der Waals surface area contributed by atoms with E-state index < -0.39 is 0 Å². The van der Waals surface area contributed by atoms with Crippen molar-refractivity contribution in [2.75, 3.05) is 43.4 Å². The monoisotopic (exact) mass is 360 g/mol. The number of piperazine rings is 1. The molecule has 0 aliphatic carbocycles. The van der Waals surface area contributed by atoms with Crippen molar-refractivity contribution in [3.05, 3.63) is 47.1 Å². The van der Waals surface area contributed by atoms with Gasteiger partial charge >= 0.3 is 0 Å². The molecule has 132 valence electrons. The molecule has 25 heavy (non-hydrogen) atoms. The number of aromatic nitrogens is 2. The van der Waals surface area contributed by atoms with Crippen molar-refractivity contribution in [1.29, 1.82) is 0 Å². The van der Waals surface area contributed by atoms with Crippen molar-refractivity contribution in [3.8, 4) is 0 Å². The smallest absolute Gasteiger partial charge is 0.234 e. The molecule has 1 aliphatic heterocycles. The Balaban J connectivity index is 1.45. The molecular formula is C17H21ClN6O. The highest BCUT2D eigenvalue weighted by Gasteiger charge is 2.20. The topological polar surface area (TPSA) is 87.4 Å². The van der Waals surface area contributed by atoms with Gasteiger partial charge < -0.3 is 16.0 Å². The van der Waals surface area contributed by atoms with Crippen LogP contribution in [0, 0.1) is 0 Å². The minimum Gasteiger partial charge on any atom is -0.368 e. The van der Waals surface area contributed by atoms with Gasteiger partial charge in [-0.15, -0.1) is 0 Å². The van der Waals surface area contributed by atoms with Gasteiger partial charge in [-0.2, -0.15) is 4.98 Å². The number of rotatable bonds is 5. The van der Waals surface area contributed by atoms with E-state index in [-0.39, 0.29) is 11.9 Å². The predicted molar refractivity (Wildman–Crippen MR) is 98.4 cm³/mol. The number of nitrogens with two attached hydrogens (primary N) is 1. The number of amides is 1. The molecule has 0 saturated carbocycles. The standard InChI is InChI=1S/C17H21ClN6O/c18-14-10-15(22-17(19)21-14)24-8-6-23(7-9-24)12-16(25)20-11-13-4-2-1-3-5-13/h1-5,10H,6-9,11-12H2,(H,20,25)(H2,19,21,22). The summed E-state index contributed by atoms with van der Waals surface area (Å²) in [6.45, 7) is 4.03. The molecule has 1 aromatic carbocycles.